The molecule has 0 aromatic carbocycles. The summed E-state index contributed by atoms with van der Waals surface area (Å²) in [4.78, 5) is 0. The summed E-state index contributed by atoms with van der Waals surface area (Å²) in [6, 6.07) is 0. The van der Waals surface area contributed by atoms with Gasteiger partial charge in [-0.1, -0.05) is 13.8 Å². The minimum Gasteiger partial charge on any atom is -0.513 e. The molecule has 0 aromatic rings. The molecule has 0 aliphatic heterocycles. The Balaban J connectivity index is 3.64. The Hall–Kier alpha value is -0.500. The summed E-state index contributed by atoms with van der Waals surface area (Å²) in [5.74, 6) is 0.268. The molecular weight excluding hydrogens is 116 g/mol. The average molecular weight is 130 g/mol. The Bertz CT molecular complexity index is 97.1. The van der Waals surface area contributed by atoms with E-state index in [2.05, 4.69) is 0 Å². The minimum absolute atomic E-state index is 0.268. The first-order valence-electron chi connectivity index (χ1n) is 3.28. The molecule has 54 valence electrons. The molecule has 0 bridgehead atoms. The normalized spacial score (nSPS) is 15.7. The van der Waals surface area contributed by atoms with Crippen LogP contribution in [0.4, 0.5) is 0 Å². The van der Waals surface area contributed by atoms with Crippen LogP contribution < -0.4 is 0 Å². The molecule has 1 atom stereocenters. The third-order valence-electron chi connectivity index (χ3n) is 1.17. The van der Waals surface area contributed by atoms with Crippen LogP contribution in [-0.4, -0.2) is 16.3 Å². The maximum atomic E-state index is 8.92. The molecule has 1 unspecified atom stereocenters. The molecular formula is C7H14O2. The van der Waals surface area contributed by atoms with Crippen LogP contribution in [0.25, 0.3) is 0 Å². The van der Waals surface area contributed by atoms with Gasteiger partial charge in [-0.2, -0.15) is 0 Å². The third kappa shape index (κ3) is 4.03. The second-order valence-corrected chi connectivity index (χ2v) is 1.99. The van der Waals surface area contributed by atoms with Crippen LogP contribution in [0.15, 0.2) is 11.8 Å². The first-order valence-corrected chi connectivity index (χ1v) is 3.28. The van der Waals surface area contributed by atoms with Crippen molar-refractivity contribution in [1.82, 2.24) is 0 Å². The Morgan fingerprint density at radius 2 is 2.11 bits per heavy atom. The summed E-state index contributed by atoms with van der Waals surface area (Å²) in [5, 5.41) is 17.8. The van der Waals surface area contributed by atoms with Crippen LogP contribution in [-0.2, 0) is 0 Å². The maximum Gasteiger partial charge on any atom is 0.0905 e. The van der Waals surface area contributed by atoms with E-state index in [-0.39, 0.29) is 5.76 Å². The zero-order valence-corrected chi connectivity index (χ0v) is 5.96. The van der Waals surface area contributed by atoms with E-state index in [1.807, 2.05) is 13.8 Å². The molecule has 0 heterocycles. The fourth-order valence-electron chi connectivity index (χ4n) is 0.458. The topological polar surface area (TPSA) is 40.5 Å². The third-order valence-corrected chi connectivity index (χ3v) is 1.17. The van der Waals surface area contributed by atoms with Crippen molar-refractivity contribution in [2.45, 2.75) is 32.8 Å². The van der Waals surface area contributed by atoms with Gasteiger partial charge in [0, 0.05) is 6.42 Å². The summed E-state index contributed by atoms with van der Waals surface area (Å²) >= 11 is 0. The van der Waals surface area contributed by atoms with Gasteiger partial charge < -0.3 is 10.2 Å². The van der Waals surface area contributed by atoms with Gasteiger partial charge in [0.15, 0.2) is 0 Å². The molecule has 0 fully saturated rings. The zero-order valence-electron chi connectivity index (χ0n) is 5.96. The van der Waals surface area contributed by atoms with E-state index in [9.17, 15) is 0 Å². The summed E-state index contributed by atoms with van der Waals surface area (Å²) in [6.07, 6.45) is 2.24. The van der Waals surface area contributed by atoms with E-state index in [0.717, 1.165) is 0 Å². The van der Waals surface area contributed by atoms with Crippen molar-refractivity contribution < 1.29 is 10.2 Å². The first-order chi connectivity index (χ1) is 4.20. The first kappa shape index (κ1) is 8.50. The summed E-state index contributed by atoms with van der Waals surface area (Å²) in [7, 11) is 0. The van der Waals surface area contributed by atoms with Gasteiger partial charge >= 0.3 is 0 Å². The van der Waals surface area contributed by atoms with Crippen molar-refractivity contribution in [3.63, 3.8) is 0 Å². The van der Waals surface area contributed by atoms with Crippen LogP contribution in [0.5, 0.6) is 0 Å². The lowest BCUT2D eigenvalue weighted by atomic mass is 10.2. The van der Waals surface area contributed by atoms with Gasteiger partial charge in [-0.05, 0) is 12.5 Å². The SMILES string of the molecule is CCC(O)=CC(O)CC. The molecule has 0 aliphatic rings. The molecule has 2 nitrogen and oxygen atoms in total. The molecule has 9 heavy (non-hydrogen) atoms. The lowest BCUT2D eigenvalue weighted by Crippen LogP contribution is -2.00. The van der Waals surface area contributed by atoms with Crippen molar-refractivity contribution in [2.75, 3.05) is 0 Å². The highest BCUT2D eigenvalue weighted by atomic mass is 16.3. The fourth-order valence-corrected chi connectivity index (χ4v) is 0.458. The van der Waals surface area contributed by atoms with Crippen molar-refractivity contribution in [3.8, 4) is 0 Å². The van der Waals surface area contributed by atoms with E-state index in [1.165, 1.54) is 6.08 Å². The summed E-state index contributed by atoms with van der Waals surface area (Å²) in [5.41, 5.74) is 0. The Morgan fingerprint density at radius 1 is 1.56 bits per heavy atom. The number of allylic oxidation sites excluding steroid dienone is 1. The number of aliphatic hydroxyl groups is 2. The van der Waals surface area contributed by atoms with Gasteiger partial charge in [0.1, 0.15) is 0 Å². The van der Waals surface area contributed by atoms with E-state index < -0.39 is 6.10 Å². The van der Waals surface area contributed by atoms with Crippen molar-refractivity contribution in [2.24, 2.45) is 0 Å². The number of aliphatic hydroxyl groups excluding tert-OH is 2. The number of rotatable bonds is 3. The van der Waals surface area contributed by atoms with E-state index >= 15 is 0 Å². The molecule has 0 spiro atoms. The highest BCUT2D eigenvalue weighted by Crippen LogP contribution is 1.99. The molecule has 0 aromatic heterocycles. The maximum absolute atomic E-state index is 8.92. The molecule has 0 saturated heterocycles. The Morgan fingerprint density at radius 3 is 2.44 bits per heavy atom. The largest absolute Gasteiger partial charge is 0.513 e. The average Bonchev–Trinajstić information content (AvgIpc) is 1.87. The lowest BCUT2D eigenvalue weighted by Gasteiger charge is -2.00. The molecule has 2 heteroatoms. The number of hydrogen-bond acceptors (Lipinski definition) is 2. The lowest BCUT2D eigenvalue weighted by molar-refractivity contribution is 0.212. The molecule has 0 radical (unpaired) electrons. The van der Waals surface area contributed by atoms with Crippen molar-refractivity contribution in [1.29, 1.82) is 0 Å². The van der Waals surface area contributed by atoms with Crippen molar-refractivity contribution in [3.05, 3.63) is 11.8 Å². The van der Waals surface area contributed by atoms with E-state index in [4.69, 9.17) is 10.2 Å². The minimum atomic E-state index is -0.482. The monoisotopic (exact) mass is 130 g/mol. The smallest absolute Gasteiger partial charge is 0.0905 e. The predicted octanol–water partition coefficient (Wildman–Crippen LogP) is 1.61. The quantitative estimate of drug-likeness (QED) is 0.570. The van der Waals surface area contributed by atoms with Crippen LogP contribution in [0.3, 0.4) is 0 Å². The van der Waals surface area contributed by atoms with Gasteiger partial charge in [-0.3, -0.25) is 0 Å². The molecule has 0 saturated carbocycles. The van der Waals surface area contributed by atoms with Crippen molar-refractivity contribution >= 4 is 0 Å². The standard InChI is InChI=1S/C7H14O2/c1-3-6(8)5-7(9)4-2/h5-6,8-9H,3-4H2,1-2H3. The van der Waals surface area contributed by atoms with Gasteiger partial charge in [-0.15, -0.1) is 0 Å². The zero-order chi connectivity index (χ0) is 7.28. The molecule has 0 amide bonds. The summed E-state index contributed by atoms with van der Waals surface area (Å²) in [6.45, 7) is 3.71. The van der Waals surface area contributed by atoms with Crippen LogP contribution in [0.2, 0.25) is 0 Å². The van der Waals surface area contributed by atoms with Gasteiger partial charge in [0.05, 0.1) is 11.9 Å². The van der Waals surface area contributed by atoms with Crippen LogP contribution in [0.1, 0.15) is 26.7 Å². The molecule has 0 aliphatic carbocycles. The predicted molar refractivity (Wildman–Crippen MR) is 37.3 cm³/mol. The Labute approximate surface area is 55.8 Å². The second kappa shape index (κ2) is 4.39. The van der Waals surface area contributed by atoms with Crippen LogP contribution in [0, 0.1) is 0 Å². The fraction of sp³-hybridized carbons (Fsp3) is 0.714. The van der Waals surface area contributed by atoms with Gasteiger partial charge in [0.25, 0.3) is 0 Å². The summed E-state index contributed by atoms with van der Waals surface area (Å²) < 4.78 is 0. The highest BCUT2D eigenvalue weighted by molar-refractivity contribution is 4.94. The number of hydrogen-bond donors (Lipinski definition) is 2. The highest BCUT2D eigenvalue weighted by Gasteiger charge is 1.95. The van der Waals surface area contributed by atoms with Gasteiger partial charge in [-0.25, -0.2) is 0 Å². The Kier molecular flexibility index (Phi) is 4.14. The molecule has 0 rings (SSSR count). The van der Waals surface area contributed by atoms with E-state index in [0.29, 0.717) is 12.8 Å². The van der Waals surface area contributed by atoms with E-state index in [1.54, 1.807) is 0 Å². The molecule has 2 N–H and O–H groups in total. The second-order valence-electron chi connectivity index (χ2n) is 1.99. The van der Waals surface area contributed by atoms with Gasteiger partial charge in [0.2, 0.25) is 0 Å². The van der Waals surface area contributed by atoms with Crippen LogP contribution >= 0.6 is 0 Å².